The van der Waals surface area contributed by atoms with Crippen molar-refractivity contribution in [1.29, 1.82) is 0 Å². The van der Waals surface area contributed by atoms with Crippen molar-refractivity contribution in [2.75, 3.05) is 11.4 Å². The van der Waals surface area contributed by atoms with E-state index in [1.807, 2.05) is 75.4 Å². The lowest BCUT2D eigenvalue weighted by Crippen LogP contribution is -2.50. The molecule has 3 amide bonds. The number of nitrogens with zero attached hydrogens (tertiary/aromatic N) is 2. The van der Waals surface area contributed by atoms with Gasteiger partial charge >= 0.3 is 0 Å². The molecule has 1 N–H and O–H groups in total. The van der Waals surface area contributed by atoms with Crippen LogP contribution < -0.4 is 10.2 Å². The second-order valence-electron chi connectivity index (χ2n) is 9.60. The fraction of sp³-hybridized carbons (Fsp3) is 0.367. The molecule has 0 spiro atoms. The van der Waals surface area contributed by atoms with Gasteiger partial charge in [0.2, 0.25) is 11.8 Å². The van der Waals surface area contributed by atoms with Crippen LogP contribution in [0.3, 0.4) is 0 Å². The number of hydrogen-bond acceptors (Lipinski definition) is 3. The summed E-state index contributed by atoms with van der Waals surface area (Å²) < 4.78 is 0. The summed E-state index contributed by atoms with van der Waals surface area (Å²) in [6, 6.07) is 18.5. The zero-order chi connectivity index (χ0) is 26.5. The molecule has 0 fully saturated rings. The zero-order valence-electron chi connectivity index (χ0n) is 21.7. The zero-order valence-corrected chi connectivity index (χ0v) is 22.4. The van der Waals surface area contributed by atoms with Crippen LogP contribution in [0, 0.1) is 0 Å². The highest BCUT2D eigenvalue weighted by Crippen LogP contribution is 2.37. The van der Waals surface area contributed by atoms with Crippen molar-refractivity contribution < 1.29 is 14.4 Å². The quantitative estimate of drug-likeness (QED) is 0.340. The molecule has 0 bridgehead atoms. The van der Waals surface area contributed by atoms with Gasteiger partial charge in [0.25, 0.3) is 5.91 Å². The van der Waals surface area contributed by atoms with E-state index in [1.54, 1.807) is 15.9 Å². The third-order valence-corrected chi connectivity index (χ3v) is 7.48. The molecule has 4 rings (SSSR count). The van der Waals surface area contributed by atoms with Gasteiger partial charge in [-0.05, 0) is 55.3 Å². The second-order valence-corrected chi connectivity index (χ2v) is 10.0. The monoisotopic (exact) mass is 519 g/mol. The molecule has 0 aliphatic carbocycles. The van der Waals surface area contributed by atoms with E-state index in [-0.39, 0.29) is 36.7 Å². The molecule has 6 nitrogen and oxygen atoms in total. The fourth-order valence-corrected chi connectivity index (χ4v) is 5.10. The maximum absolute atomic E-state index is 13.6. The minimum Gasteiger partial charge on any atom is -0.352 e. The van der Waals surface area contributed by atoms with Crippen molar-refractivity contribution in [2.45, 2.75) is 65.1 Å². The highest BCUT2D eigenvalue weighted by Gasteiger charge is 2.31. The molecule has 7 heteroatoms. The van der Waals surface area contributed by atoms with Crippen LogP contribution in [0.1, 0.15) is 62.4 Å². The van der Waals surface area contributed by atoms with Gasteiger partial charge in [0.05, 0.1) is 5.69 Å². The predicted molar refractivity (Wildman–Crippen MR) is 149 cm³/mol. The van der Waals surface area contributed by atoms with E-state index < -0.39 is 6.04 Å². The number of benzene rings is 3. The SMILES string of the molecule is CC[C@H](C)NC(=O)[C@H](CC)N(Cc1ccccc1Cl)C(=O)CCCN1C(=O)c2cccc3cccc1c23. The Balaban J connectivity index is 1.50. The summed E-state index contributed by atoms with van der Waals surface area (Å²) >= 11 is 6.41. The fourth-order valence-electron chi connectivity index (χ4n) is 4.90. The number of anilines is 1. The summed E-state index contributed by atoms with van der Waals surface area (Å²) in [6.07, 6.45) is 1.99. The van der Waals surface area contributed by atoms with Crippen LogP contribution in [0.25, 0.3) is 10.8 Å². The summed E-state index contributed by atoms with van der Waals surface area (Å²) in [6.45, 7) is 6.55. The molecule has 0 saturated heterocycles. The molecular formula is C30H34ClN3O3. The van der Waals surface area contributed by atoms with Crippen LogP contribution >= 0.6 is 11.6 Å². The number of amides is 3. The smallest absolute Gasteiger partial charge is 0.258 e. The summed E-state index contributed by atoms with van der Waals surface area (Å²) in [4.78, 5) is 43.2. The first-order valence-electron chi connectivity index (χ1n) is 13.0. The standard InChI is InChI=1S/C30H34ClN3O3/c1-4-20(3)32-29(36)25(5-2)34(19-22-11-6-7-15-24(22)31)27(35)17-10-18-33-26-16-9-13-21-12-8-14-23(28(21)26)30(33)37/h6-9,11-16,20,25H,4-5,10,17-19H2,1-3H3,(H,32,36)/t20-,25-/m0/s1. The molecule has 0 unspecified atom stereocenters. The Bertz CT molecular complexity index is 1300. The molecule has 37 heavy (non-hydrogen) atoms. The topological polar surface area (TPSA) is 69.7 Å². The van der Waals surface area contributed by atoms with E-state index in [2.05, 4.69) is 5.32 Å². The molecular weight excluding hydrogens is 486 g/mol. The Morgan fingerprint density at radius 2 is 1.73 bits per heavy atom. The Hall–Kier alpha value is -3.38. The minimum atomic E-state index is -0.607. The predicted octanol–water partition coefficient (Wildman–Crippen LogP) is 5.96. The van der Waals surface area contributed by atoms with Gasteiger partial charge < -0.3 is 15.1 Å². The van der Waals surface area contributed by atoms with Gasteiger partial charge in [-0.25, -0.2) is 0 Å². The van der Waals surface area contributed by atoms with Gasteiger partial charge in [-0.15, -0.1) is 0 Å². The summed E-state index contributed by atoms with van der Waals surface area (Å²) in [7, 11) is 0. The Labute approximate surface area is 223 Å². The van der Waals surface area contributed by atoms with E-state index in [1.165, 1.54) is 0 Å². The Morgan fingerprint density at radius 1 is 1.00 bits per heavy atom. The highest BCUT2D eigenvalue weighted by molar-refractivity contribution is 6.31. The van der Waals surface area contributed by atoms with E-state index in [4.69, 9.17) is 11.6 Å². The largest absolute Gasteiger partial charge is 0.352 e. The van der Waals surface area contributed by atoms with Crippen molar-refractivity contribution in [3.05, 3.63) is 76.8 Å². The molecule has 2 atom stereocenters. The average molecular weight is 520 g/mol. The normalized spacial score (nSPS) is 14.1. The van der Waals surface area contributed by atoms with Gasteiger partial charge in [-0.1, -0.05) is 67.9 Å². The van der Waals surface area contributed by atoms with Crippen molar-refractivity contribution in [1.82, 2.24) is 10.2 Å². The van der Waals surface area contributed by atoms with Crippen LogP contribution in [0.5, 0.6) is 0 Å². The van der Waals surface area contributed by atoms with Crippen LogP contribution in [0.2, 0.25) is 5.02 Å². The summed E-state index contributed by atoms with van der Waals surface area (Å²) in [5.41, 5.74) is 2.38. The number of halogens is 1. The number of carbonyl (C=O) groups excluding carboxylic acids is 3. The van der Waals surface area contributed by atoms with E-state index in [9.17, 15) is 14.4 Å². The number of rotatable bonds is 11. The average Bonchev–Trinajstić information content (AvgIpc) is 3.17. The molecule has 194 valence electrons. The van der Waals surface area contributed by atoms with E-state index in [0.29, 0.717) is 30.0 Å². The Kier molecular flexibility index (Phi) is 8.49. The molecule has 3 aromatic carbocycles. The lowest BCUT2D eigenvalue weighted by Gasteiger charge is -2.32. The Morgan fingerprint density at radius 3 is 2.43 bits per heavy atom. The van der Waals surface area contributed by atoms with E-state index >= 15 is 0 Å². The molecule has 0 saturated carbocycles. The van der Waals surface area contributed by atoms with Gasteiger partial charge in [0.1, 0.15) is 6.04 Å². The molecule has 1 aliphatic heterocycles. The minimum absolute atomic E-state index is 0.0179. The molecule has 1 heterocycles. The van der Waals surface area contributed by atoms with Crippen LogP contribution in [0.4, 0.5) is 5.69 Å². The summed E-state index contributed by atoms with van der Waals surface area (Å²) in [5.74, 6) is -0.325. The first-order valence-corrected chi connectivity index (χ1v) is 13.4. The van der Waals surface area contributed by atoms with Crippen molar-refractivity contribution in [3.63, 3.8) is 0 Å². The third kappa shape index (κ3) is 5.64. The highest BCUT2D eigenvalue weighted by atomic mass is 35.5. The molecule has 0 aromatic heterocycles. The third-order valence-electron chi connectivity index (χ3n) is 7.11. The maximum atomic E-state index is 13.6. The van der Waals surface area contributed by atoms with Crippen molar-refractivity contribution in [2.24, 2.45) is 0 Å². The van der Waals surface area contributed by atoms with Crippen LogP contribution in [-0.4, -0.2) is 41.2 Å². The van der Waals surface area contributed by atoms with Gasteiger partial charge in [-0.3, -0.25) is 14.4 Å². The number of hydrogen-bond donors (Lipinski definition) is 1. The molecule has 3 aromatic rings. The van der Waals surface area contributed by atoms with Gasteiger partial charge in [-0.2, -0.15) is 0 Å². The lowest BCUT2D eigenvalue weighted by molar-refractivity contribution is -0.141. The number of nitrogens with one attached hydrogen (secondary N) is 1. The van der Waals surface area contributed by atoms with E-state index in [0.717, 1.165) is 28.4 Å². The number of carbonyl (C=O) groups is 3. The second kappa shape index (κ2) is 11.8. The molecule has 0 radical (unpaired) electrons. The lowest BCUT2D eigenvalue weighted by atomic mass is 10.1. The first-order chi connectivity index (χ1) is 17.8. The first kappa shape index (κ1) is 26.7. The van der Waals surface area contributed by atoms with Crippen LogP contribution in [-0.2, 0) is 16.1 Å². The van der Waals surface area contributed by atoms with Crippen LogP contribution in [0.15, 0.2) is 60.7 Å². The van der Waals surface area contributed by atoms with Crippen molar-refractivity contribution in [3.8, 4) is 0 Å². The summed E-state index contributed by atoms with van der Waals surface area (Å²) in [5, 5.41) is 5.59. The van der Waals surface area contributed by atoms with Gasteiger partial charge in [0, 0.05) is 41.5 Å². The molecule has 1 aliphatic rings. The van der Waals surface area contributed by atoms with Crippen molar-refractivity contribution >= 4 is 45.8 Å². The maximum Gasteiger partial charge on any atom is 0.258 e. The van der Waals surface area contributed by atoms with Gasteiger partial charge in [0.15, 0.2) is 0 Å².